The van der Waals surface area contributed by atoms with Gasteiger partial charge in [-0.05, 0) is 38.8 Å². The van der Waals surface area contributed by atoms with Crippen LogP contribution < -0.4 is 5.32 Å². The summed E-state index contributed by atoms with van der Waals surface area (Å²) >= 11 is 0. The lowest BCUT2D eigenvalue weighted by atomic mass is 10.0. The monoisotopic (exact) mass is 269 g/mol. The number of phenols is 1. The molecule has 0 spiro atoms. The van der Waals surface area contributed by atoms with Crippen LogP contribution >= 0.6 is 0 Å². The van der Waals surface area contributed by atoms with Crippen molar-refractivity contribution in [3.05, 3.63) is 65.2 Å². The van der Waals surface area contributed by atoms with Crippen LogP contribution in [-0.4, -0.2) is 11.1 Å². The van der Waals surface area contributed by atoms with Gasteiger partial charge in [0.15, 0.2) is 0 Å². The van der Waals surface area contributed by atoms with E-state index in [0.717, 1.165) is 12.0 Å². The molecule has 0 radical (unpaired) electrons. The van der Waals surface area contributed by atoms with Crippen molar-refractivity contribution in [3.8, 4) is 5.75 Å². The topological polar surface area (TPSA) is 32.3 Å². The summed E-state index contributed by atoms with van der Waals surface area (Å²) in [6.07, 6.45) is 0.984. The van der Waals surface area contributed by atoms with Gasteiger partial charge in [-0.3, -0.25) is 0 Å². The van der Waals surface area contributed by atoms with Gasteiger partial charge >= 0.3 is 0 Å². The fourth-order valence-electron chi connectivity index (χ4n) is 2.56. The minimum atomic E-state index is 0.133. The van der Waals surface area contributed by atoms with Crippen molar-refractivity contribution in [2.24, 2.45) is 0 Å². The molecule has 0 aliphatic carbocycles. The lowest BCUT2D eigenvalue weighted by Gasteiger charge is -2.21. The van der Waals surface area contributed by atoms with Crippen LogP contribution in [0.5, 0.6) is 5.75 Å². The van der Waals surface area contributed by atoms with Gasteiger partial charge in [-0.15, -0.1) is 0 Å². The molecule has 2 unspecified atom stereocenters. The van der Waals surface area contributed by atoms with Crippen molar-refractivity contribution < 1.29 is 5.11 Å². The summed E-state index contributed by atoms with van der Waals surface area (Å²) in [6, 6.07) is 16.7. The van der Waals surface area contributed by atoms with Crippen molar-refractivity contribution in [2.75, 3.05) is 0 Å². The SMILES string of the molecule is Cc1ccc(O)c(C(C)NC(C)Cc2ccccc2)c1. The Morgan fingerprint density at radius 1 is 1.05 bits per heavy atom. The molecule has 2 aromatic carbocycles. The van der Waals surface area contributed by atoms with E-state index in [2.05, 4.69) is 43.4 Å². The minimum Gasteiger partial charge on any atom is -0.508 e. The van der Waals surface area contributed by atoms with E-state index >= 15 is 0 Å². The number of phenolic OH excluding ortho intramolecular Hbond substituents is 1. The van der Waals surface area contributed by atoms with E-state index in [0.29, 0.717) is 11.8 Å². The number of rotatable bonds is 5. The highest BCUT2D eigenvalue weighted by Gasteiger charge is 2.13. The van der Waals surface area contributed by atoms with Crippen LogP contribution in [0.15, 0.2) is 48.5 Å². The largest absolute Gasteiger partial charge is 0.508 e. The average Bonchev–Trinajstić information content (AvgIpc) is 2.42. The van der Waals surface area contributed by atoms with Crippen LogP contribution in [0.1, 0.15) is 36.6 Å². The van der Waals surface area contributed by atoms with Gasteiger partial charge < -0.3 is 10.4 Å². The van der Waals surface area contributed by atoms with E-state index in [9.17, 15) is 5.11 Å². The van der Waals surface area contributed by atoms with Gasteiger partial charge in [-0.2, -0.15) is 0 Å². The van der Waals surface area contributed by atoms with Crippen molar-refractivity contribution in [2.45, 2.75) is 39.3 Å². The fraction of sp³-hybridized carbons (Fsp3) is 0.333. The van der Waals surface area contributed by atoms with E-state index in [1.54, 1.807) is 6.07 Å². The van der Waals surface area contributed by atoms with Crippen molar-refractivity contribution in [1.82, 2.24) is 5.32 Å². The van der Waals surface area contributed by atoms with Gasteiger partial charge in [0.25, 0.3) is 0 Å². The highest BCUT2D eigenvalue weighted by atomic mass is 16.3. The molecule has 20 heavy (non-hydrogen) atoms. The maximum Gasteiger partial charge on any atom is 0.120 e. The molecule has 2 atom stereocenters. The smallest absolute Gasteiger partial charge is 0.120 e. The number of benzene rings is 2. The lowest BCUT2D eigenvalue weighted by molar-refractivity contribution is 0.433. The van der Waals surface area contributed by atoms with Gasteiger partial charge in [0, 0.05) is 17.6 Å². The zero-order valence-electron chi connectivity index (χ0n) is 12.4. The number of aryl methyl sites for hydroxylation is 1. The minimum absolute atomic E-state index is 0.133. The third-order valence-corrected chi connectivity index (χ3v) is 3.57. The molecule has 0 fully saturated rings. The van der Waals surface area contributed by atoms with Crippen molar-refractivity contribution in [1.29, 1.82) is 0 Å². The molecule has 2 nitrogen and oxygen atoms in total. The van der Waals surface area contributed by atoms with Crippen LogP contribution in [0.25, 0.3) is 0 Å². The second-order valence-electron chi connectivity index (χ2n) is 5.54. The third kappa shape index (κ3) is 3.84. The van der Waals surface area contributed by atoms with Gasteiger partial charge in [0.05, 0.1) is 0 Å². The summed E-state index contributed by atoms with van der Waals surface area (Å²) in [5.41, 5.74) is 3.46. The van der Waals surface area contributed by atoms with Gasteiger partial charge in [0.2, 0.25) is 0 Å². The second kappa shape index (κ2) is 6.58. The van der Waals surface area contributed by atoms with E-state index < -0.39 is 0 Å². The molecule has 0 aromatic heterocycles. The highest BCUT2D eigenvalue weighted by Crippen LogP contribution is 2.25. The molecule has 2 N–H and O–H groups in total. The lowest BCUT2D eigenvalue weighted by Crippen LogP contribution is -2.30. The predicted octanol–water partition coefficient (Wildman–Crippen LogP) is 3.98. The summed E-state index contributed by atoms with van der Waals surface area (Å²) in [4.78, 5) is 0. The van der Waals surface area contributed by atoms with Gasteiger partial charge in [-0.1, -0.05) is 48.0 Å². The van der Waals surface area contributed by atoms with E-state index in [1.165, 1.54) is 11.1 Å². The first-order valence-electron chi connectivity index (χ1n) is 7.15. The first-order chi connectivity index (χ1) is 9.56. The van der Waals surface area contributed by atoms with Crippen molar-refractivity contribution >= 4 is 0 Å². The summed E-state index contributed by atoms with van der Waals surface area (Å²) in [5.74, 6) is 0.363. The Balaban J connectivity index is 2.00. The summed E-state index contributed by atoms with van der Waals surface area (Å²) in [6.45, 7) is 6.31. The van der Waals surface area contributed by atoms with Crippen LogP contribution in [0.2, 0.25) is 0 Å². The fourth-order valence-corrected chi connectivity index (χ4v) is 2.56. The number of hydrogen-bond acceptors (Lipinski definition) is 2. The Kier molecular flexibility index (Phi) is 4.80. The maximum absolute atomic E-state index is 9.97. The van der Waals surface area contributed by atoms with Crippen molar-refractivity contribution in [3.63, 3.8) is 0 Å². The first kappa shape index (κ1) is 14.6. The van der Waals surface area contributed by atoms with Gasteiger partial charge in [-0.25, -0.2) is 0 Å². The molecule has 2 aromatic rings. The normalized spacial score (nSPS) is 13.9. The maximum atomic E-state index is 9.97. The van der Waals surface area contributed by atoms with Crippen LogP contribution in [0.4, 0.5) is 0 Å². The molecular formula is C18H23NO. The molecule has 0 aliphatic heterocycles. The number of aromatic hydroxyl groups is 1. The first-order valence-corrected chi connectivity index (χ1v) is 7.15. The molecule has 0 saturated carbocycles. The molecule has 0 heterocycles. The Hall–Kier alpha value is -1.80. The Morgan fingerprint density at radius 3 is 2.45 bits per heavy atom. The zero-order valence-corrected chi connectivity index (χ0v) is 12.4. The Bertz CT molecular complexity index is 551. The summed E-state index contributed by atoms with van der Waals surface area (Å²) in [7, 11) is 0. The molecular weight excluding hydrogens is 246 g/mol. The number of hydrogen-bond donors (Lipinski definition) is 2. The quantitative estimate of drug-likeness (QED) is 0.860. The summed E-state index contributed by atoms with van der Waals surface area (Å²) < 4.78 is 0. The highest BCUT2D eigenvalue weighted by molar-refractivity contribution is 5.37. The molecule has 0 bridgehead atoms. The van der Waals surface area contributed by atoms with E-state index in [4.69, 9.17) is 0 Å². The molecule has 2 heteroatoms. The van der Waals surface area contributed by atoms with Gasteiger partial charge in [0.1, 0.15) is 5.75 Å². The summed E-state index contributed by atoms with van der Waals surface area (Å²) in [5, 5.41) is 13.5. The van der Waals surface area contributed by atoms with E-state index in [-0.39, 0.29) is 6.04 Å². The van der Waals surface area contributed by atoms with Crippen LogP contribution in [-0.2, 0) is 6.42 Å². The van der Waals surface area contributed by atoms with Crippen LogP contribution in [0, 0.1) is 6.92 Å². The molecule has 0 amide bonds. The zero-order chi connectivity index (χ0) is 14.5. The molecule has 106 valence electrons. The molecule has 0 aliphatic rings. The van der Waals surface area contributed by atoms with Crippen LogP contribution in [0.3, 0.4) is 0 Å². The predicted molar refractivity (Wildman–Crippen MR) is 84.0 cm³/mol. The Labute approximate surface area is 121 Å². The molecule has 2 rings (SSSR count). The number of nitrogens with one attached hydrogen (secondary N) is 1. The second-order valence-corrected chi connectivity index (χ2v) is 5.54. The average molecular weight is 269 g/mol. The standard InChI is InChI=1S/C18H23NO/c1-13-9-10-18(20)17(11-13)15(3)19-14(2)12-16-7-5-4-6-8-16/h4-11,14-15,19-20H,12H2,1-3H3. The Morgan fingerprint density at radius 2 is 1.75 bits per heavy atom. The third-order valence-electron chi connectivity index (χ3n) is 3.57. The van der Waals surface area contributed by atoms with E-state index in [1.807, 2.05) is 25.1 Å². The molecule has 0 saturated heterocycles.